The second-order valence-electron chi connectivity index (χ2n) is 5.36. The molecule has 2 aromatic rings. The van der Waals surface area contributed by atoms with Crippen molar-refractivity contribution >= 4 is 5.91 Å². The Kier molecular flexibility index (Phi) is 4.01. The van der Waals surface area contributed by atoms with Gasteiger partial charge in [-0.05, 0) is 30.7 Å². The quantitative estimate of drug-likeness (QED) is 0.865. The summed E-state index contributed by atoms with van der Waals surface area (Å²) >= 11 is 0. The van der Waals surface area contributed by atoms with E-state index in [0.717, 1.165) is 38.3 Å². The summed E-state index contributed by atoms with van der Waals surface area (Å²) in [6.45, 7) is 6.05. The number of carbonyl (C=O) groups excluding carboxylic acids is 1. The van der Waals surface area contributed by atoms with E-state index < -0.39 is 0 Å². The molecule has 3 heterocycles. The summed E-state index contributed by atoms with van der Waals surface area (Å²) in [5.74, 6) is 0.471. The van der Waals surface area contributed by atoms with Gasteiger partial charge in [0.2, 0.25) is 0 Å². The largest absolute Gasteiger partial charge is 0.459 e. The Morgan fingerprint density at radius 2 is 1.90 bits per heavy atom. The molecule has 0 unspecified atom stereocenters. The molecule has 0 radical (unpaired) electrons. The maximum Gasteiger partial charge on any atom is 0.289 e. The van der Waals surface area contributed by atoms with E-state index in [9.17, 15) is 4.79 Å². The number of piperazine rings is 1. The van der Waals surface area contributed by atoms with Gasteiger partial charge in [0.1, 0.15) is 0 Å². The molecule has 1 fully saturated rings. The van der Waals surface area contributed by atoms with Crippen LogP contribution in [-0.4, -0.2) is 46.9 Å². The van der Waals surface area contributed by atoms with Crippen molar-refractivity contribution in [1.82, 2.24) is 14.8 Å². The van der Waals surface area contributed by atoms with Crippen LogP contribution in [0.5, 0.6) is 0 Å². The molecule has 1 aliphatic heterocycles. The van der Waals surface area contributed by atoms with Gasteiger partial charge in [-0.2, -0.15) is 0 Å². The minimum atomic E-state index is 0.000983. The van der Waals surface area contributed by atoms with Gasteiger partial charge in [0.15, 0.2) is 5.76 Å². The van der Waals surface area contributed by atoms with Crippen LogP contribution in [0.4, 0.5) is 0 Å². The van der Waals surface area contributed by atoms with Crippen molar-refractivity contribution < 1.29 is 9.21 Å². The monoisotopic (exact) mass is 285 g/mol. The highest BCUT2D eigenvalue weighted by molar-refractivity contribution is 5.92. The number of furan rings is 1. The molecular weight excluding hydrogens is 266 g/mol. The van der Waals surface area contributed by atoms with Crippen LogP contribution in [0.25, 0.3) is 0 Å². The molecule has 0 N–H and O–H groups in total. The fraction of sp³-hybridized carbons (Fsp3) is 0.375. The fourth-order valence-electron chi connectivity index (χ4n) is 2.59. The standard InChI is InChI=1S/C16H19N3O2/c1-13-4-11-21-15(13)16(20)19-9-7-18(8-10-19)12-14-2-5-17-6-3-14/h2-6,11H,7-10,12H2,1H3. The molecule has 0 atom stereocenters. The van der Waals surface area contributed by atoms with E-state index in [4.69, 9.17) is 4.42 Å². The summed E-state index contributed by atoms with van der Waals surface area (Å²) < 4.78 is 5.29. The van der Waals surface area contributed by atoms with Crippen molar-refractivity contribution in [3.63, 3.8) is 0 Å². The lowest BCUT2D eigenvalue weighted by atomic mass is 10.2. The van der Waals surface area contributed by atoms with Crippen LogP contribution in [0.15, 0.2) is 41.3 Å². The fourth-order valence-corrected chi connectivity index (χ4v) is 2.59. The van der Waals surface area contributed by atoms with Crippen LogP contribution in [0, 0.1) is 6.92 Å². The predicted octanol–water partition coefficient (Wildman–Crippen LogP) is 1.94. The molecule has 0 saturated carbocycles. The first-order valence-corrected chi connectivity index (χ1v) is 7.18. The molecule has 21 heavy (non-hydrogen) atoms. The van der Waals surface area contributed by atoms with Gasteiger partial charge in [-0.25, -0.2) is 0 Å². The van der Waals surface area contributed by atoms with Crippen LogP contribution < -0.4 is 0 Å². The van der Waals surface area contributed by atoms with Gasteiger partial charge in [0.05, 0.1) is 6.26 Å². The predicted molar refractivity (Wildman–Crippen MR) is 78.9 cm³/mol. The minimum Gasteiger partial charge on any atom is -0.459 e. The highest BCUT2D eigenvalue weighted by atomic mass is 16.3. The second kappa shape index (κ2) is 6.10. The first kappa shape index (κ1) is 13.8. The Balaban J connectivity index is 1.56. The molecule has 110 valence electrons. The number of nitrogens with zero attached hydrogens (tertiary/aromatic N) is 3. The SMILES string of the molecule is Cc1ccoc1C(=O)N1CCN(Cc2ccncc2)CC1. The molecule has 0 bridgehead atoms. The van der Waals surface area contributed by atoms with Crippen LogP contribution in [0.1, 0.15) is 21.7 Å². The van der Waals surface area contributed by atoms with Gasteiger partial charge in [-0.15, -0.1) is 0 Å². The van der Waals surface area contributed by atoms with Crippen molar-refractivity contribution in [3.8, 4) is 0 Å². The number of rotatable bonds is 3. The summed E-state index contributed by atoms with van der Waals surface area (Å²) in [5.41, 5.74) is 2.16. The normalized spacial score (nSPS) is 16.1. The Labute approximate surface area is 124 Å². The minimum absolute atomic E-state index is 0.000983. The molecule has 1 saturated heterocycles. The Bertz CT molecular complexity index is 601. The number of hydrogen-bond donors (Lipinski definition) is 0. The second-order valence-corrected chi connectivity index (χ2v) is 5.36. The molecule has 3 rings (SSSR count). The third-order valence-electron chi connectivity index (χ3n) is 3.87. The maximum atomic E-state index is 12.4. The van der Waals surface area contributed by atoms with Crippen LogP contribution in [-0.2, 0) is 6.54 Å². The highest BCUT2D eigenvalue weighted by Gasteiger charge is 2.24. The molecule has 0 aromatic carbocycles. The van der Waals surface area contributed by atoms with E-state index >= 15 is 0 Å². The van der Waals surface area contributed by atoms with Gasteiger partial charge >= 0.3 is 0 Å². The Hall–Kier alpha value is -2.14. The van der Waals surface area contributed by atoms with E-state index in [0.29, 0.717) is 5.76 Å². The van der Waals surface area contributed by atoms with Crippen molar-refractivity contribution in [2.75, 3.05) is 26.2 Å². The van der Waals surface area contributed by atoms with Crippen LogP contribution in [0.3, 0.4) is 0 Å². The third-order valence-corrected chi connectivity index (χ3v) is 3.87. The average molecular weight is 285 g/mol. The smallest absolute Gasteiger partial charge is 0.289 e. The lowest BCUT2D eigenvalue weighted by molar-refractivity contribution is 0.0597. The Morgan fingerprint density at radius 3 is 2.52 bits per heavy atom. The molecule has 0 aliphatic carbocycles. The van der Waals surface area contributed by atoms with Gasteiger partial charge in [0, 0.05) is 50.7 Å². The van der Waals surface area contributed by atoms with Crippen LogP contribution in [0.2, 0.25) is 0 Å². The summed E-state index contributed by atoms with van der Waals surface area (Å²) in [7, 11) is 0. The van der Waals surface area contributed by atoms with Crippen LogP contribution >= 0.6 is 0 Å². The molecule has 5 nitrogen and oxygen atoms in total. The summed E-state index contributed by atoms with van der Waals surface area (Å²) in [6, 6.07) is 5.89. The van der Waals surface area contributed by atoms with Gasteiger partial charge in [0.25, 0.3) is 5.91 Å². The third kappa shape index (κ3) is 3.13. The van der Waals surface area contributed by atoms with E-state index in [2.05, 4.69) is 9.88 Å². The molecule has 0 spiro atoms. The zero-order chi connectivity index (χ0) is 14.7. The van der Waals surface area contributed by atoms with E-state index in [-0.39, 0.29) is 5.91 Å². The van der Waals surface area contributed by atoms with Gasteiger partial charge < -0.3 is 9.32 Å². The summed E-state index contributed by atoms with van der Waals surface area (Å²) in [6.07, 6.45) is 5.20. The zero-order valence-electron chi connectivity index (χ0n) is 12.2. The van der Waals surface area contributed by atoms with Gasteiger partial charge in [-0.1, -0.05) is 0 Å². The summed E-state index contributed by atoms with van der Waals surface area (Å²) in [4.78, 5) is 20.6. The van der Waals surface area contributed by atoms with Crippen molar-refractivity contribution in [3.05, 3.63) is 53.7 Å². The van der Waals surface area contributed by atoms with E-state index in [1.165, 1.54) is 5.56 Å². The molecular formula is C16H19N3O2. The first-order chi connectivity index (χ1) is 10.2. The zero-order valence-corrected chi connectivity index (χ0v) is 12.2. The molecule has 2 aromatic heterocycles. The van der Waals surface area contributed by atoms with Crippen molar-refractivity contribution in [2.24, 2.45) is 0 Å². The number of amides is 1. The number of aryl methyl sites for hydroxylation is 1. The lowest BCUT2D eigenvalue weighted by Crippen LogP contribution is -2.48. The first-order valence-electron chi connectivity index (χ1n) is 7.18. The number of hydrogen-bond acceptors (Lipinski definition) is 4. The maximum absolute atomic E-state index is 12.4. The molecule has 1 aliphatic rings. The number of pyridine rings is 1. The lowest BCUT2D eigenvalue weighted by Gasteiger charge is -2.34. The van der Waals surface area contributed by atoms with E-state index in [1.54, 1.807) is 6.26 Å². The van der Waals surface area contributed by atoms with Crippen molar-refractivity contribution in [1.29, 1.82) is 0 Å². The van der Waals surface area contributed by atoms with Crippen molar-refractivity contribution in [2.45, 2.75) is 13.5 Å². The molecule has 1 amide bonds. The number of aromatic nitrogens is 1. The van der Waals surface area contributed by atoms with Gasteiger partial charge in [-0.3, -0.25) is 14.7 Å². The average Bonchev–Trinajstić information content (AvgIpc) is 2.94. The summed E-state index contributed by atoms with van der Waals surface area (Å²) in [5, 5.41) is 0. The molecule has 5 heteroatoms. The number of carbonyl (C=O) groups is 1. The van der Waals surface area contributed by atoms with E-state index in [1.807, 2.05) is 42.4 Å². The highest BCUT2D eigenvalue weighted by Crippen LogP contribution is 2.14. The topological polar surface area (TPSA) is 49.6 Å². The Morgan fingerprint density at radius 1 is 1.19 bits per heavy atom.